The average Bonchev–Trinajstić information content (AvgIpc) is 2.61. The van der Waals surface area contributed by atoms with E-state index in [1.54, 1.807) is 36.4 Å². The number of rotatable bonds is 8. The summed E-state index contributed by atoms with van der Waals surface area (Å²) < 4.78 is 27.7. The van der Waals surface area contributed by atoms with Gasteiger partial charge in [-0.05, 0) is 51.0 Å². The first-order chi connectivity index (χ1) is 12.8. The number of sulfonamides is 1. The van der Waals surface area contributed by atoms with Gasteiger partial charge in [-0.1, -0.05) is 49.2 Å². The molecule has 0 aliphatic rings. The maximum absolute atomic E-state index is 13.3. The zero-order valence-electron chi connectivity index (χ0n) is 16.4. The van der Waals surface area contributed by atoms with E-state index in [0.717, 1.165) is 24.0 Å². The number of aryl methyl sites for hydroxylation is 2. The molecule has 5 nitrogen and oxygen atoms in total. The van der Waals surface area contributed by atoms with Crippen LogP contribution >= 0.6 is 0 Å². The van der Waals surface area contributed by atoms with Crippen LogP contribution in [0.2, 0.25) is 0 Å². The summed E-state index contributed by atoms with van der Waals surface area (Å²) in [5, 5.41) is 2.89. The predicted octanol–water partition coefficient (Wildman–Crippen LogP) is 3.80. The van der Waals surface area contributed by atoms with E-state index in [1.807, 2.05) is 39.8 Å². The molecule has 1 atom stereocenters. The van der Waals surface area contributed by atoms with Gasteiger partial charge in [0.05, 0.1) is 10.6 Å². The van der Waals surface area contributed by atoms with Crippen LogP contribution in [0.3, 0.4) is 0 Å². The molecular weight excluding hydrogens is 360 g/mol. The molecule has 0 aliphatic heterocycles. The van der Waals surface area contributed by atoms with Crippen LogP contribution in [-0.2, 0) is 14.8 Å². The van der Waals surface area contributed by atoms with Crippen LogP contribution in [0.1, 0.15) is 37.8 Å². The first kappa shape index (κ1) is 21.0. The maximum Gasteiger partial charge on any atom is 0.264 e. The highest BCUT2D eigenvalue weighted by Gasteiger charge is 2.28. The predicted molar refractivity (Wildman–Crippen MR) is 109 cm³/mol. The molecule has 0 bridgehead atoms. The van der Waals surface area contributed by atoms with E-state index in [2.05, 4.69) is 5.32 Å². The molecule has 0 radical (unpaired) electrons. The van der Waals surface area contributed by atoms with E-state index in [0.29, 0.717) is 5.69 Å². The molecule has 0 spiro atoms. The maximum atomic E-state index is 13.3. The third-order valence-corrected chi connectivity index (χ3v) is 6.14. The number of benzene rings is 2. The number of nitrogens with zero attached hydrogens (tertiary/aromatic N) is 1. The molecule has 0 aliphatic carbocycles. The molecule has 2 aromatic carbocycles. The number of hydrogen-bond acceptors (Lipinski definition) is 3. The molecule has 0 unspecified atom stereocenters. The summed E-state index contributed by atoms with van der Waals surface area (Å²) in [5.74, 6) is -0.310. The smallest absolute Gasteiger partial charge is 0.264 e. The summed E-state index contributed by atoms with van der Waals surface area (Å²) in [6, 6.07) is 13.7. The lowest BCUT2D eigenvalue weighted by Gasteiger charge is -2.26. The molecule has 2 rings (SSSR count). The van der Waals surface area contributed by atoms with Crippen LogP contribution < -0.4 is 9.62 Å². The third kappa shape index (κ3) is 5.32. The fourth-order valence-electron chi connectivity index (χ4n) is 3.06. The van der Waals surface area contributed by atoms with E-state index in [-0.39, 0.29) is 23.4 Å². The molecule has 27 heavy (non-hydrogen) atoms. The normalized spacial score (nSPS) is 12.4. The van der Waals surface area contributed by atoms with E-state index in [4.69, 9.17) is 0 Å². The Labute approximate surface area is 162 Å². The third-order valence-electron chi connectivity index (χ3n) is 4.37. The van der Waals surface area contributed by atoms with Gasteiger partial charge in [-0.25, -0.2) is 8.42 Å². The Morgan fingerprint density at radius 1 is 1.11 bits per heavy atom. The highest BCUT2D eigenvalue weighted by molar-refractivity contribution is 7.92. The molecule has 0 saturated carbocycles. The summed E-state index contributed by atoms with van der Waals surface area (Å²) in [6.45, 7) is 7.52. The van der Waals surface area contributed by atoms with Crippen LogP contribution in [0.5, 0.6) is 0 Å². The number of carbonyl (C=O) groups excluding carboxylic acids is 1. The number of hydrogen-bond donors (Lipinski definition) is 1. The Hall–Kier alpha value is -2.34. The lowest BCUT2D eigenvalue weighted by molar-refractivity contribution is -0.120. The molecular formula is C21H28N2O3S. The van der Waals surface area contributed by atoms with Gasteiger partial charge < -0.3 is 5.32 Å². The first-order valence-electron chi connectivity index (χ1n) is 9.20. The van der Waals surface area contributed by atoms with Crippen molar-refractivity contribution in [1.29, 1.82) is 0 Å². The Bertz CT molecular complexity index is 880. The van der Waals surface area contributed by atoms with Gasteiger partial charge in [0.15, 0.2) is 0 Å². The second kappa shape index (κ2) is 9.04. The van der Waals surface area contributed by atoms with Crippen LogP contribution in [0.25, 0.3) is 0 Å². The molecule has 0 aromatic heterocycles. The van der Waals surface area contributed by atoms with Crippen LogP contribution in [0.4, 0.5) is 5.69 Å². The second-order valence-electron chi connectivity index (χ2n) is 6.87. The van der Waals surface area contributed by atoms with Crippen LogP contribution in [0, 0.1) is 13.8 Å². The van der Waals surface area contributed by atoms with Gasteiger partial charge in [0.25, 0.3) is 10.0 Å². The molecule has 146 valence electrons. The minimum absolute atomic E-state index is 0.00268. The van der Waals surface area contributed by atoms with Gasteiger partial charge in [0.1, 0.15) is 6.54 Å². The van der Waals surface area contributed by atoms with Crippen molar-refractivity contribution in [3.63, 3.8) is 0 Å². The number of carbonyl (C=O) groups is 1. The largest absolute Gasteiger partial charge is 0.352 e. The Kier molecular flexibility index (Phi) is 7.02. The lowest BCUT2D eigenvalue weighted by Crippen LogP contribution is -2.43. The summed E-state index contributed by atoms with van der Waals surface area (Å²) in [4.78, 5) is 12.7. The van der Waals surface area contributed by atoms with Crippen molar-refractivity contribution in [2.24, 2.45) is 0 Å². The van der Waals surface area contributed by atoms with Crippen molar-refractivity contribution in [3.05, 3.63) is 59.7 Å². The van der Waals surface area contributed by atoms with Crippen molar-refractivity contribution < 1.29 is 13.2 Å². The van der Waals surface area contributed by atoms with Crippen LogP contribution in [-0.4, -0.2) is 26.9 Å². The lowest BCUT2D eigenvalue weighted by atomic mass is 10.1. The van der Waals surface area contributed by atoms with Gasteiger partial charge in [-0.3, -0.25) is 9.10 Å². The van der Waals surface area contributed by atoms with E-state index in [9.17, 15) is 13.2 Å². The molecule has 0 saturated heterocycles. The molecule has 1 amide bonds. The summed E-state index contributed by atoms with van der Waals surface area (Å²) in [6.07, 6.45) is 1.80. The summed E-state index contributed by atoms with van der Waals surface area (Å²) >= 11 is 0. The van der Waals surface area contributed by atoms with Crippen molar-refractivity contribution in [3.8, 4) is 0 Å². The highest BCUT2D eigenvalue weighted by atomic mass is 32.2. The molecule has 1 N–H and O–H groups in total. The SMILES string of the molecule is CCC[C@H](C)NC(=O)CN(c1ccc(C)cc1C)S(=O)(=O)c1ccccc1. The summed E-state index contributed by atoms with van der Waals surface area (Å²) in [7, 11) is -3.86. The van der Waals surface area contributed by atoms with E-state index >= 15 is 0 Å². The quantitative estimate of drug-likeness (QED) is 0.748. The average molecular weight is 389 g/mol. The van der Waals surface area contributed by atoms with E-state index < -0.39 is 10.0 Å². The minimum atomic E-state index is -3.86. The van der Waals surface area contributed by atoms with Gasteiger partial charge in [-0.15, -0.1) is 0 Å². The van der Waals surface area contributed by atoms with Crippen molar-refractivity contribution in [1.82, 2.24) is 5.32 Å². The zero-order valence-corrected chi connectivity index (χ0v) is 17.2. The van der Waals surface area contributed by atoms with E-state index in [1.165, 1.54) is 4.31 Å². The molecule has 0 fully saturated rings. The van der Waals surface area contributed by atoms with Gasteiger partial charge >= 0.3 is 0 Å². The zero-order chi connectivity index (χ0) is 20.0. The van der Waals surface area contributed by atoms with Crippen LogP contribution in [0.15, 0.2) is 53.4 Å². The number of anilines is 1. The number of amides is 1. The Morgan fingerprint density at radius 2 is 1.78 bits per heavy atom. The summed E-state index contributed by atoms with van der Waals surface area (Å²) in [5.41, 5.74) is 2.36. The minimum Gasteiger partial charge on any atom is -0.352 e. The Morgan fingerprint density at radius 3 is 2.37 bits per heavy atom. The van der Waals surface area contributed by atoms with Crippen molar-refractivity contribution >= 4 is 21.6 Å². The molecule has 2 aromatic rings. The standard InChI is InChI=1S/C21H28N2O3S/c1-5-9-18(4)22-21(24)15-23(20-13-12-16(2)14-17(20)3)27(25,26)19-10-7-6-8-11-19/h6-8,10-14,18H,5,9,15H2,1-4H3,(H,22,24)/t18-/m0/s1. The van der Waals surface area contributed by atoms with Crippen molar-refractivity contribution in [2.75, 3.05) is 10.8 Å². The Balaban J connectivity index is 2.42. The topological polar surface area (TPSA) is 66.5 Å². The monoisotopic (exact) mass is 388 g/mol. The fraction of sp³-hybridized carbons (Fsp3) is 0.381. The fourth-order valence-corrected chi connectivity index (χ4v) is 4.57. The highest BCUT2D eigenvalue weighted by Crippen LogP contribution is 2.27. The van der Waals surface area contributed by atoms with Gasteiger partial charge in [0, 0.05) is 6.04 Å². The van der Waals surface area contributed by atoms with Crippen molar-refractivity contribution in [2.45, 2.75) is 51.5 Å². The van der Waals surface area contributed by atoms with Gasteiger partial charge in [0.2, 0.25) is 5.91 Å². The molecule has 0 heterocycles. The second-order valence-corrected chi connectivity index (χ2v) is 8.73. The molecule has 6 heteroatoms. The number of nitrogens with one attached hydrogen (secondary N) is 1. The first-order valence-corrected chi connectivity index (χ1v) is 10.6. The van der Waals surface area contributed by atoms with Gasteiger partial charge in [-0.2, -0.15) is 0 Å².